The minimum atomic E-state index is -0.0906. The van der Waals surface area contributed by atoms with Crippen LogP contribution in [0.5, 0.6) is 0 Å². The third-order valence-corrected chi connectivity index (χ3v) is 7.11. The Balaban J connectivity index is 1.35. The molecule has 4 aliphatic carbocycles. The second-order valence-corrected chi connectivity index (χ2v) is 8.91. The van der Waals surface area contributed by atoms with E-state index < -0.39 is 0 Å². The number of piperazine rings is 1. The smallest absolute Gasteiger partial charge is 0.237 e. The third-order valence-electron chi connectivity index (χ3n) is 7.11. The van der Waals surface area contributed by atoms with Gasteiger partial charge in [-0.25, -0.2) is 0 Å². The number of hydrogen-bond acceptors (Lipinski definition) is 3. The van der Waals surface area contributed by atoms with Crippen LogP contribution in [0.4, 0.5) is 0 Å². The van der Waals surface area contributed by atoms with E-state index in [1.165, 1.54) is 38.5 Å². The van der Waals surface area contributed by atoms with E-state index in [0.717, 1.165) is 43.9 Å². The van der Waals surface area contributed by atoms with Gasteiger partial charge >= 0.3 is 0 Å². The highest BCUT2D eigenvalue weighted by Crippen LogP contribution is 2.55. The Morgan fingerprint density at radius 3 is 1.92 bits per heavy atom. The van der Waals surface area contributed by atoms with Gasteiger partial charge in [0.25, 0.3) is 0 Å². The molecule has 5 aliphatic rings. The van der Waals surface area contributed by atoms with Crippen molar-refractivity contribution in [3.05, 3.63) is 0 Å². The molecule has 1 heterocycles. The third kappa shape index (κ3) is 2.96. The molecule has 2 amide bonds. The molecule has 5 rings (SSSR count). The average Bonchev–Trinajstić information content (AvgIpc) is 2.52. The SMILES string of the molecule is CC(=O)N1CCN([C@@H](C)C(=O)NC23CC4CC(CC(C4)C2)C3)CC1. The maximum absolute atomic E-state index is 12.9. The summed E-state index contributed by atoms with van der Waals surface area (Å²) in [7, 11) is 0. The summed E-state index contributed by atoms with van der Waals surface area (Å²) in [5.41, 5.74) is 0.0985. The number of nitrogens with zero attached hydrogens (tertiary/aromatic N) is 2. The van der Waals surface area contributed by atoms with Crippen molar-refractivity contribution >= 4 is 11.8 Å². The summed E-state index contributed by atoms with van der Waals surface area (Å²) in [5.74, 6) is 2.90. The molecule has 24 heavy (non-hydrogen) atoms. The first-order chi connectivity index (χ1) is 11.4. The fourth-order valence-corrected chi connectivity index (χ4v) is 6.22. The highest BCUT2D eigenvalue weighted by molar-refractivity contribution is 5.82. The van der Waals surface area contributed by atoms with Crippen LogP contribution in [0.2, 0.25) is 0 Å². The fraction of sp³-hybridized carbons (Fsp3) is 0.895. The maximum Gasteiger partial charge on any atom is 0.237 e. The van der Waals surface area contributed by atoms with Gasteiger partial charge in [0.1, 0.15) is 0 Å². The molecule has 134 valence electrons. The van der Waals surface area contributed by atoms with Gasteiger partial charge in [0.05, 0.1) is 6.04 Å². The molecule has 1 aliphatic heterocycles. The van der Waals surface area contributed by atoms with Crippen molar-refractivity contribution < 1.29 is 9.59 Å². The van der Waals surface area contributed by atoms with E-state index in [-0.39, 0.29) is 23.4 Å². The van der Waals surface area contributed by atoms with Gasteiger partial charge in [-0.15, -0.1) is 0 Å². The second kappa shape index (κ2) is 6.01. The lowest BCUT2D eigenvalue weighted by atomic mass is 9.53. The van der Waals surface area contributed by atoms with Crippen molar-refractivity contribution in [2.45, 2.75) is 64.0 Å². The van der Waals surface area contributed by atoms with Crippen LogP contribution in [0.15, 0.2) is 0 Å². The lowest BCUT2D eigenvalue weighted by Gasteiger charge is -2.57. The Morgan fingerprint density at radius 2 is 1.46 bits per heavy atom. The largest absolute Gasteiger partial charge is 0.349 e. The van der Waals surface area contributed by atoms with Gasteiger partial charge in [-0.05, 0) is 63.2 Å². The van der Waals surface area contributed by atoms with Crippen molar-refractivity contribution in [2.75, 3.05) is 26.2 Å². The maximum atomic E-state index is 12.9. The molecule has 5 nitrogen and oxygen atoms in total. The number of carbonyl (C=O) groups is 2. The molecule has 0 radical (unpaired) electrons. The molecule has 0 unspecified atom stereocenters. The lowest BCUT2D eigenvalue weighted by molar-refractivity contribution is -0.134. The standard InChI is InChI=1S/C19H31N3O2/c1-13(21-3-5-22(6-4-21)14(2)23)18(24)20-19-10-15-7-16(11-19)9-17(8-15)12-19/h13,15-17H,3-12H2,1-2H3,(H,20,24)/t13-,15?,16?,17?,19?/m0/s1. The Morgan fingerprint density at radius 1 is 0.958 bits per heavy atom. The number of carbonyl (C=O) groups excluding carboxylic acids is 2. The molecular formula is C19H31N3O2. The molecule has 0 aromatic carbocycles. The molecule has 4 saturated carbocycles. The van der Waals surface area contributed by atoms with Crippen molar-refractivity contribution in [1.82, 2.24) is 15.1 Å². The van der Waals surface area contributed by atoms with E-state index in [1.807, 2.05) is 11.8 Å². The van der Waals surface area contributed by atoms with Gasteiger partial charge in [-0.2, -0.15) is 0 Å². The first-order valence-corrected chi connectivity index (χ1v) is 9.76. The number of nitrogens with one attached hydrogen (secondary N) is 1. The van der Waals surface area contributed by atoms with Crippen molar-refractivity contribution in [3.8, 4) is 0 Å². The number of hydrogen-bond donors (Lipinski definition) is 1. The summed E-state index contributed by atoms with van der Waals surface area (Å²) in [6, 6.07) is -0.0906. The van der Waals surface area contributed by atoms with E-state index in [1.54, 1.807) is 6.92 Å². The molecule has 0 aromatic heterocycles. The van der Waals surface area contributed by atoms with E-state index in [2.05, 4.69) is 10.2 Å². The molecule has 4 bridgehead atoms. The van der Waals surface area contributed by atoms with Gasteiger partial charge in [-0.1, -0.05) is 0 Å². The van der Waals surface area contributed by atoms with E-state index in [4.69, 9.17) is 0 Å². The summed E-state index contributed by atoms with van der Waals surface area (Å²) < 4.78 is 0. The van der Waals surface area contributed by atoms with Gasteiger partial charge in [0.15, 0.2) is 0 Å². The van der Waals surface area contributed by atoms with E-state index in [9.17, 15) is 9.59 Å². The Kier molecular flexibility index (Phi) is 4.10. The predicted octanol–water partition coefficient (Wildman–Crippen LogP) is 1.62. The molecular weight excluding hydrogens is 302 g/mol. The minimum absolute atomic E-state index is 0.0906. The zero-order chi connectivity index (χ0) is 16.9. The zero-order valence-electron chi connectivity index (χ0n) is 15.1. The summed E-state index contributed by atoms with van der Waals surface area (Å²) in [6.07, 6.45) is 7.81. The van der Waals surface area contributed by atoms with Gasteiger partial charge < -0.3 is 10.2 Å². The highest BCUT2D eigenvalue weighted by Gasteiger charge is 2.51. The predicted molar refractivity (Wildman–Crippen MR) is 92.3 cm³/mol. The Hall–Kier alpha value is -1.10. The molecule has 0 spiro atoms. The van der Waals surface area contributed by atoms with Gasteiger partial charge in [0.2, 0.25) is 11.8 Å². The molecule has 1 N–H and O–H groups in total. The van der Waals surface area contributed by atoms with Crippen molar-refractivity contribution in [1.29, 1.82) is 0 Å². The van der Waals surface area contributed by atoms with Crippen LogP contribution in [0.25, 0.3) is 0 Å². The average molecular weight is 333 g/mol. The van der Waals surface area contributed by atoms with Crippen LogP contribution in [-0.4, -0.2) is 59.4 Å². The molecule has 0 aromatic rings. The van der Waals surface area contributed by atoms with E-state index >= 15 is 0 Å². The number of amides is 2. The molecule has 5 fully saturated rings. The van der Waals surface area contributed by atoms with Gasteiger partial charge in [-0.3, -0.25) is 14.5 Å². The highest BCUT2D eigenvalue weighted by atomic mass is 16.2. The van der Waals surface area contributed by atoms with E-state index in [0.29, 0.717) is 0 Å². The fourth-order valence-electron chi connectivity index (χ4n) is 6.22. The van der Waals surface area contributed by atoms with Crippen LogP contribution in [0, 0.1) is 17.8 Å². The van der Waals surface area contributed by atoms with Crippen LogP contribution in [-0.2, 0) is 9.59 Å². The monoisotopic (exact) mass is 333 g/mol. The summed E-state index contributed by atoms with van der Waals surface area (Å²) in [4.78, 5) is 28.5. The summed E-state index contributed by atoms with van der Waals surface area (Å²) >= 11 is 0. The van der Waals surface area contributed by atoms with Crippen molar-refractivity contribution in [3.63, 3.8) is 0 Å². The van der Waals surface area contributed by atoms with Crippen molar-refractivity contribution in [2.24, 2.45) is 17.8 Å². The Labute approximate surface area is 145 Å². The minimum Gasteiger partial charge on any atom is -0.349 e. The summed E-state index contributed by atoms with van der Waals surface area (Å²) in [6.45, 7) is 6.73. The van der Waals surface area contributed by atoms with Crippen LogP contribution < -0.4 is 5.32 Å². The van der Waals surface area contributed by atoms with Crippen LogP contribution in [0.1, 0.15) is 52.4 Å². The normalized spacial score (nSPS) is 39.8. The molecule has 1 atom stereocenters. The number of rotatable bonds is 3. The summed E-state index contributed by atoms with van der Waals surface area (Å²) in [5, 5.41) is 3.49. The zero-order valence-corrected chi connectivity index (χ0v) is 15.1. The topological polar surface area (TPSA) is 52.7 Å². The molecule has 1 saturated heterocycles. The lowest BCUT2D eigenvalue weighted by Crippen LogP contribution is -2.63. The second-order valence-electron chi connectivity index (χ2n) is 8.91. The van der Waals surface area contributed by atoms with Gasteiger partial charge in [0, 0.05) is 38.6 Å². The molecule has 5 heteroatoms. The van der Waals surface area contributed by atoms with Crippen LogP contribution in [0.3, 0.4) is 0 Å². The Bertz CT molecular complexity index is 489. The first-order valence-electron chi connectivity index (χ1n) is 9.76. The van der Waals surface area contributed by atoms with Crippen LogP contribution >= 0.6 is 0 Å². The first kappa shape index (κ1) is 16.4. The quantitative estimate of drug-likeness (QED) is 0.854.